The smallest absolute Gasteiger partial charge is 0.246 e. The summed E-state index contributed by atoms with van der Waals surface area (Å²) in [5.74, 6) is -0.468. The lowest BCUT2D eigenvalue weighted by Gasteiger charge is -2.20. The summed E-state index contributed by atoms with van der Waals surface area (Å²) in [5.41, 5.74) is 0.910. The van der Waals surface area contributed by atoms with Crippen LogP contribution in [-0.4, -0.2) is 46.3 Å². The maximum absolute atomic E-state index is 12.7. The molecule has 0 spiro atoms. The molecule has 1 heterocycles. The Hall–Kier alpha value is -1.03. The van der Waals surface area contributed by atoms with Gasteiger partial charge in [-0.2, -0.15) is 0 Å². The van der Waals surface area contributed by atoms with Crippen LogP contribution in [0.1, 0.15) is 27.6 Å². The van der Waals surface area contributed by atoms with Gasteiger partial charge in [-0.3, -0.25) is 9.59 Å². The number of carbonyl (C=O) groups is 2. The molecule has 1 aromatic rings. The van der Waals surface area contributed by atoms with E-state index in [0.29, 0.717) is 28.5 Å². The van der Waals surface area contributed by atoms with E-state index < -0.39 is 29.3 Å². The zero-order valence-electron chi connectivity index (χ0n) is 14.5. The third kappa shape index (κ3) is 4.78. The highest BCUT2D eigenvalue weighted by atomic mass is 79.9. The van der Waals surface area contributed by atoms with Crippen LogP contribution in [0.25, 0.3) is 0 Å². The number of hydrogen-bond acceptors (Lipinski definition) is 5. The monoisotopic (exact) mass is 447 g/mol. The average Bonchev–Trinajstić information content (AvgIpc) is 2.72. The summed E-state index contributed by atoms with van der Waals surface area (Å²) < 4.78 is 32.3. The second-order valence-corrected chi connectivity index (χ2v) is 15.7. The van der Waals surface area contributed by atoms with E-state index >= 15 is 0 Å². The fourth-order valence-corrected chi connectivity index (χ4v) is 5.83. The Balaban J connectivity index is 2.14. The lowest BCUT2D eigenvalue weighted by atomic mass is 10.1. The fraction of sp³-hybridized carbons (Fsp3) is 0.500. The molecule has 0 N–H and O–H groups in total. The number of sulfonamides is 1. The van der Waals surface area contributed by atoms with Gasteiger partial charge in [0.1, 0.15) is 18.3 Å². The number of aldehydes is 1. The van der Waals surface area contributed by atoms with Crippen LogP contribution in [0, 0.1) is 0 Å². The number of rotatable bonds is 7. The molecule has 0 aromatic heterocycles. The molecular formula is C16H22BrNO5SSi. The van der Waals surface area contributed by atoms with Gasteiger partial charge in [0, 0.05) is 24.7 Å². The predicted molar refractivity (Wildman–Crippen MR) is 102 cm³/mol. The Bertz CT molecular complexity index is 775. The van der Waals surface area contributed by atoms with Gasteiger partial charge in [-0.25, -0.2) is 12.7 Å². The summed E-state index contributed by atoms with van der Waals surface area (Å²) in [5, 5.41) is -0.962. The van der Waals surface area contributed by atoms with Crippen LogP contribution >= 0.6 is 15.9 Å². The number of ether oxygens (including phenoxy) is 1. The molecule has 1 aromatic carbocycles. The van der Waals surface area contributed by atoms with Crippen LogP contribution in [0.5, 0.6) is 0 Å². The molecule has 25 heavy (non-hydrogen) atoms. The quantitative estimate of drug-likeness (QED) is 0.364. The van der Waals surface area contributed by atoms with Gasteiger partial charge in [-0.15, -0.1) is 0 Å². The fourth-order valence-electron chi connectivity index (χ4n) is 2.48. The highest BCUT2D eigenvalue weighted by molar-refractivity contribution is 9.10. The molecule has 0 radical (unpaired) electrons. The Morgan fingerprint density at radius 3 is 2.60 bits per heavy atom. The van der Waals surface area contributed by atoms with E-state index in [4.69, 9.17) is 4.74 Å². The molecule has 1 atom stereocenters. The summed E-state index contributed by atoms with van der Waals surface area (Å²) in [7, 11) is -5.12. The standard InChI is InChI=1S/C16H22BrNO5SSi/c1-25(2,3)7-6-23-11-18-16(20)9-15(24(18,21)22)13-5-4-12(10-19)8-14(13)17/h4-5,8,10,15H,6-7,9,11H2,1-3H3. The van der Waals surface area contributed by atoms with Gasteiger partial charge in [-0.1, -0.05) is 47.7 Å². The molecule has 138 valence electrons. The van der Waals surface area contributed by atoms with Crippen molar-refractivity contribution in [3.63, 3.8) is 0 Å². The molecule has 0 bridgehead atoms. The van der Waals surface area contributed by atoms with Crippen molar-refractivity contribution >= 4 is 46.2 Å². The van der Waals surface area contributed by atoms with Gasteiger partial charge < -0.3 is 4.74 Å². The second kappa shape index (κ2) is 7.69. The van der Waals surface area contributed by atoms with Crippen molar-refractivity contribution in [1.29, 1.82) is 0 Å². The van der Waals surface area contributed by atoms with Crippen molar-refractivity contribution in [2.75, 3.05) is 13.3 Å². The molecule has 1 fully saturated rings. The molecule has 2 rings (SSSR count). The molecule has 6 nitrogen and oxygen atoms in total. The van der Waals surface area contributed by atoms with Crippen LogP contribution in [0.4, 0.5) is 0 Å². The zero-order valence-corrected chi connectivity index (χ0v) is 17.9. The van der Waals surface area contributed by atoms with E-state index in [1.165, 1.54) is 0 Å². The number of hydrogen-bond donors (Lipinski definition) is 0. The summed E-state index contributed by atoms with van der Waals surface area (Å²) in [6.07, 6.45) is 0.556. The van der Waals surface area contributed by atoms with E-state index in [1.807, 2.05) is 0 Å². The first-order chi connectivity index (χ1) is 11.6. The van der Waals surface area contributed by atoms with Crippen LogP contribution in [0.15, 0.2) is 22.7 Å². The third-order valence-corrected chi connectivity index (χ3v) is 8.47. The predicted octanol–water partition coefficient (Wildman–Crippen LogP) is 3.18. The number of carbonyl (C=O) groups excluding carboxylic acids is 2. The third-order valence-electron chi connectivity index (χ3n) is 4.02. The minimum atomic E-state index is -3.84. The lowest BCUT2D eigenvalue weighted by molar-refractivity contribution is -0.128. The van der Waals surface area contributed by atoms with E-state index in [-0.39, 0.29) is 13.2 Å². The molecule has 1 aliphatic heterocycles. The molecular weight excluding hydrogens is 426 g/mol. The zero-order chi connectivity index (χ0) is 18.8. The molecule has 1 saturated heterocycles. The van der Waals surface area contributed by atoms with E-state index in [9.17, 15) is 18.0 Å². The average molecular weight is 448 g/mol. The van der Waals surface area contributed by atoms with Gasteiger partial charge in [0.05, 0.1) is 6.42 Å². The van der Waals surface area contributed by atoms with Gasteiger partial charge in [0.2, 0.25) is 15.9 Å². The van der Waals surface area contributed by atoms with Crippen LogP contribution in [0.3, 0.4) is 0 Å². The highest BCUT2D eigenvalue weighted by Gasteiger charge is 2.46. The molecule has 0 aliphatic carbocycles. The van der Waals surface area contributed by atoms with Crippen molar-refractivity contribution in [1.82, 2.24) is 4.31 Å². The topological polar surface area (TPSA) is 80.8 Å². The number of nitrogens with zero attached hydrogens (tertiary/aromatic N) is 1. The Labute approximate surface area is 157 Å². The van der Waals surface area contributed by atoms with Gasteiger partial charge in [0.15, 0.2) is 0 Å². The number of benzene rings is 1. The lowest BCUT2D eigenvalue weighted by Crippen LogP contribution is -2.33. The number of halogens is 1. The summed E-state index contributed by atoms with van der Waals surface area (Å²) in [4.78, 5) is 23.0. The van der Waals surface area contributed by atoms with E-state index in [1.54, 1.807) is 18.2 Å². The Morgan fingerprint density at radius 2 is 2.04 bits per heavy atom. The molecule has 9 heteroatoms. The summed E-state index contributed by atoms with van der Waals surface area (Å²) in [6, 6.07) is 5.56. The minimum absolute atomic E-state index is 0.126. The first-order valence-electron chi connectivity index (χ1n) is 7.93. The van der Waals surface area contributed by atoms with Crippen LogP contribution in [-0.2, 0) is 19.6 Å². The first-order valence-corrected chi connectivity index (χ1v) is 13.9. The Kier molecular flexibility index (Phi) is 6.24. The first kappa shape index (κ1) is 20.3. The van der Waals surface area contributed by atoms with Gasteiger partial charge in [0.25, 0.3) is 0 Å². The van der Waals surface area contributed by atoms with Crippen molar-refractivity contribution in [3.05, 3.63) is 33.8 Å². The molecule has 0 saturated carbocycles. The van der Waals surface area contributed by atoms with Crippen LogP contribution in [0.2, 0.25) is 25.7 Å². The largest absolute Gasteiger partial charge is 0.360 e. The second-order valence-electron chi connectivity index (χ2n) is 7.23. The summed E-state index contributed by atoms with van der Waals surface area (Å²) in [6.45, 7) is 6.80. The Morgan fingerprint density at radius 1 is 1.36 bits per heavy atom. The van der Waals surface area contributed by atoms with Gasteiger partial charge in [-0.05, 0) is 17.7 Å². The molecule has 1 aliphatic rings. The minimum Gasteiger partial charge on any atom is -0.360 e. The van der Waals surface area contributed by atoms with Crippen molar-refractivity contribution in [2.24, 2.45) is 0 Å². The van der Waals surface area contributed by atoms with Crippen molar-refractivity contribution in [3.8, 4) is 0 Å². The van der Waals surface area contributed by atoms with E-state index in [2.05, 4.69) is 35.6 Å². The highest BCUT2D eigenvalue weighted by Crippen LogP contribution is 2.39. The maximum atomic E-state index is 12.7. The molecule has 1 unspecified atom stereocenters. The van der Waals surface area contributed by atoms with Gasteiger partial charge >= 0.3 is 0 Å². The maximum Gasteiger partial charge on any atom is 0.246 e. The van der Waals surface area contributed by atoms with Crippen molar-refractivity contribution < 1.29 is 22.7 Å². The van der Waals surface area contributed by atoms with Crippen LogP contribution < -0.4 is 0 Å². The summed E-state index contributed by atoms with van der Waals surface area (Å²) >= 11 is 3.30. The molecule has 1 amide bonds. The van der Waals surface area contributed by atoms with E-state index in [0.717, 1.165) is 10.3 Å². The number of amides is 1. The SMILES string of the molecule is C[Si](C)(C)CCOCN1C(=O)CC(c2ccc(C=O)cc2Br)S1(=O)=O. The normalized spacial score (nSPS) is 20.1. The van der Waals surface area contributed by atoms with Crippen molar-refractivity contribution in [2.45, 2.75) is 37.4 Å².